The standard InChI is InChI=1S/C15H18N2O.C2H6/c18-15-13-7-3-6-12(16-13)14-11-5-2-1-4-10(11)8-9-17(14)15;1-2/h1-2,4-5,12-14,16H,3,6-9H2;1-2H3. The molecular formula is C17H24N2O. The zero-order chi connectivity index (χ0) is 14.1. The van der Waals surface area contributed by atoms with Gasteiger partial charge in [0.05, 0.1) is 12.1 Å². The van der Waals surface area contributed by atoms with Crippen molar-refractivity contribution in [1.29, 1.82) is 0 Å². The first-order valence-corrected chi connectivity index (χ1v) is 7.99. The van der Waals surface area contributed by atoms with Crippen LogP contribution in [0.3, 0.4) is 0 Å². The molecule has 3 heterocycles. The minimum absolute atomic E-state index is 0.0882. The van der Waals surface area contributed by atoms with Crippen LogP contribution in [-0.4, -0.2) is 29.4 Å². The highest BCUT2D eigenvalue weighted by Gasteiger charge is 2.45. The molecule has 1 aromatic carbocycles. The number of carbonyl (C=O) groups excluding carboxylic acids is 1. The zero-order valence-electron chi connectivity index (χ0n) is 12.4. The molecule has 4 rings (SSSR count). The van der Waals surface area contributed by atoms with E-state index in [1.54, 1.807) is 0 Å². The largest absolute Gasteiger partial charge is 0.332 e. The van der Waals surface area contributed by atoms with Gasteiger partial charge in [-0.15, -0.1) is 0 Å². The molecule has 3 heteroatoms. The maximum absolute atomic E-state index is 12.4. The fraction of sp³-hybridized carbons (Fsp3) is 0.588. The predicted octanol–water partition coefficient (Wildman–Crippen LogP) is 2.66. The van der Waals surface area contributed by atoms with E-state index in [0.29, 0.717) is 11.9 Å². The van der Waals surface area contributed by atoms with Crippen LogP contribution in [0.15, 0.2) is 24.3 Å². The number of amides is 1. The third-order valence-electron chi connectivity index (χ3n) is 4.72. The van der Waals surface area contributed by atoms with Crippen molar-refractivity contribution in [2.75, 3.05) is 6.54 Å². The fourth-order valence-electron chi connectivity index (χ4n) is 3.89. The summed E-state index contributed by atoms with van der Waals surface area (Å²) in [4.78, 5) is 14.6. The number of carbonyl (C=O) groups is 1. The number of hydrogen-bond donors (Lipinski definition) is 1. The molecule has 1 amide bonds. The molecule has 3 atom stereocenters. The lowest BCUT2D eigenvalue weighted by Gasteiger charge is -2.50. The second kappa shape index (κ2) is 5.57. The molecule has 1 N–H and O–H groups in total. The lowest BCUT2D eigenvalue weighted by Crippen LogP contribution is -2.64. The van der Waals surface area contributed by atoms with Crippen LogP contribution in [-0.2, 0) is 11.2 Å². The number of hydrogen-bond acceptors (Lipinski definition) is 2. The van der Waals surface area contributed by atoms with E-state index in [9.17, 15) is 4.79 Å². The molecule has 0 aromatic heterocycles. The van der Waals surface area contributed by atoms with Gasteiger partial charge in [-0.1, -0.05) is 38.1 Å². The highest BCUT2D eigenvalue weighted by Crippen LogP contribution is 2.39. The lowest BCUT2D eigenvalue weighted by atomic mass is 9.80. The van der Waals surface area contributed by atoms with Crippen molar-refractivity contribution in [1.82, 2.24) is 10.2 Å². The van der Waals surface area contributed by atoms with Crippen LogP contribution in [0.1, 0.15) is 50.3 Å². The first-order chi connectivity index (χ1) is 9.84. The number of nitrogens with zero attached hydrogens (tertiary/aromatic N) is 1. The van der Waals surface area contributed by atoms with Gasteiger partial charge >= 0.3 is 0 Å². The second-order valence-corrected chi connectivity index (χ2v) is 5.68. The summed E-state index contributed by atoms with van der Waals surface area (Å²) in [5.41, 5.74) is 2.80. The molecule has 0 saturated carbocycles. The third kappa shape index (κ3) is 2.05. The monoisotopic (exact) mass is 272 g/mol. The quantitative estimate of drug-likeness (QED) is 0.787. The van der Waals surface area contributed by atoms with Gasteiger partial charge < -0.3 is 10.2 Å². The maximum Gasteiger partial charge on any atom is 0.240 e. The number of piperidine rings is 1. The summed E-state index contributed by atoms with van der Waals surface area (Å²) in [5.74, 6) is 0.324. The molecule has 2 fully saturated rings. The molecule has 2 saturated heterocycles. The van der Waals surface area contributed by atoms with Crippen LogP contribution in [0.2, 0.25) is 0 Å². The van der Waals surface area contributed by atoms with E-state index < -0.39 is 0 Å². The van der Waals surface area contributed by atoms with E-state index in [1.165, 1.54) is 24.0 Å². The molecule has 1 aromatic rings. The predicted molar refractivity (Wildman–Crippen MR) is 80.5 cm³/mol. The third-order valence-corrected chi connectivity index (χ3v) is 4.72. The van der Waals surface area contributed by atoms with Crippen LogP contribution in [0, 0.1) is 0 Å². The van der Waals surface area contributed by atoms with Gasteiger partial charge in [-0.25, -0.2) is 0 Å². The number of nitrogens with one attached hydrogen (secondary N) is 1. The van der Waals surface area contributed by atoms with E-state index in [0.717, 1.165) is 19.4 Å². The SMILES string of the molecule is CC.O=C1C2CCCC(N2)C2c3ccccc3CCN12. The van der Waals surface area contributed by atoms with Crippen molar-refractivity contribution in [2.24, 2.45) is 0 Å². The molecule has 3 unspecified atom stereocenters. The minimum Gasteiger partial charge on any atom is -0.332 e. The zero-order valence-corrected chi connectivity index (χ0v) is 12.4. The van der Waals surface area contributed by atoms with Crippen molar-refractivity contribution in [3.05, 3.63) is 35.4 Å². The van der Waals surface area contributed by atoms with Crippen molar-refractivity contribution in [3.8, 4) is 0 Å². The van der Waals surface area contributed by atoms with Gasteiger partial charge in [0.25, 0.3) is 0 Å². The van der Waals surface area contributed by atoms with Crippen molar-refractivity contribution in [3.63, 3.8) is 0 Å². The van der Waals surface area contributed by atoms with E-state index in [2.05, 4.69) is 34.5 Å². The summed E-state index contributed by atoms with van der Waals surface area (Å²) in [6, 6.07) is 9.45. The summed E-state index contributed by atoms with van der Waals surface area (Å²) in [5, 5.41) is 3.55. The molecule has 0 aliphatic carbocycles. The van der Waals surface area contributed by atoms with E-state index in [4.69, 9.17) is 0 Å². The van der Waals surface area contributed by atoms with Gasteiger partial charge in [0.15, 0.2) is 0 Å². The Bertz CT molecular complexity index is 500. The van der Waals surface area contributed by atoms with Crippen molar-refractivity contribution >= 4 is 5.91 Å². The highest BCUT2D eigenvalue weighted by molar-refractivity contribution is 5.84. The Morgan fingerprint density at radius 2 is 2.00 bits per heavy atom. The van der Waals surface area contributed by atoms with Crippen LogP contribution in [0.5, 0.6) is 0 Å². The van der Waals surface area contributed by atoms with Gasteiger partial charge in [0.1, 0.15) is 0 Å². The Morgan fingerprint density at radius 1 is 1.20 bits per heavy atom. The molecule has 3 aliphatic rings. The van der Waals surface area contributed by atoms with Crippen LogP contribution >= 0.6 is 0 Å². The number of rotatable bonds is 0. The van der Waals surface area contributed by atoms with Crippen molar-refractivity contribution < 1.29 is 4.79 Å². The van der Waals surface area contributed by atoms with Gasteiger partial charge in [-0.2, -0.15) is 0 Å². The van der Waals surface area contributed by atoms with Gasteiger partial charge in [-0.3, -0.25) is 4.79 Å². The summed E-state index contributed by atoms with van der Waals surface area (Å²) in [6.45, 7) is 4.90. The smallest absolute Gasteiger partial charge is 0.240 e. The fourth-order valence-corrected chi connectivity index (χ4v) is 3.89. The maximum atomic E-state index is 12.4. The van der Waals surface area contributed by atoms with Crippen LogP contribution in [0.25, 0.3) is 0 Å². The molecule has 0 spiro atoms. The molecule has 3 aliphatic heterocycles. The van der Waals surface area contributed by atoms with E-state index in [-0.39, 0.29) is 12.1 Å². The Balaban J connectivity index is 0.000000581. The topological polar surface area (TPSA) is 32.3 Å². The summed E-state index contributed by atoms with van der Waals surface area (Å²) in [7, 11) is 0. The first-order valence-electron chi connectivity index (χ1n) is 7.99. The average Bonchev–Trinajstić information content (AvgIpc) is 2.54. The van der Waals surface area contributed by atoms with Crippen LogP contribution in [0.4, 0.5) is 0 Å². The molecule has 2 bridgehead atoms. The van der Waals surface area contributed by atoms with Crippen LogP contribution < -0.4 is 5.32 Å². The van der Waals surface area contributed by atoms with Gasteiger partial charge in [0, 0.05) is 12.6 Å². The number of benzene rings is 1. The number of fused-ring (bicyclic) bond motifs is 6. The van der Waals surface area contributed by atoms with Gasteiger partial charge in [-0.05, 0) is 36.8 Å². The summed E-state index contributed by atoms with van der Waals surface area (Å²) in [6.07, 6.45) is 4.40. The molecule has 20 heavy (non-hydrogen) atoms. The molecular weight excluding hydrogens is 248 g/mol. The first kappa shape index (κ1) is 13.6. The van der Waals surface area contributed by atoms with Crippen molar-refractivity contribution in [2.45, 2.75) is 57.7 Å². The Labute approximate surface area is 121 Å². The normalized spacial score (nSPS) is 30.8. The van der Waals surface area contributed by atoms with E-state index in [1.807, 2.05) is 13.8 Å². The highest BCUT2D eigenvalue weighted by atomic mass is 16.2. The Kier molecular flexibility index (Phi) is 3.79. The Morgan fingerprint density at radius 3 is 2.85 bits per heavy atom. The minimum atomic E-state index is 0.0882. The lowest BCUT2D eigenvalue weighted by molar-refractivity contribution is -0.143. The molecule has 108 valence electrons. The average molecular weight is 272 g/mol. The van der Waals surface area contributed by atoms with E-state index >= 15 is 0 Å². The number of piperazine rings is 1. The summed E-state index contributed by atoms with van der Waals surface area (Å²) >= 11 is 0. The van der Waals surface area contributed by atoms with Gasteiger partial charge in [0.2, 0.25) is 5.91 Å². The molecule has 3 nitrogen and oxygen atoms in total. The summed E-state index contributed by atoms with van der Waals surface area (Å²) < 4.78 is 0. The molecule has 0 radical (unpaired) electrons. The second-order valence-electron chi connectivity index (χ2n) is 5.68. The Hall–Kier alpha value is -1.35.